The fraction of sp³-hybridized carbons (Fsp3) is 0.381. The van der Waals surface area contributed by atoms with Crippen LogP contribution in [0.15, 0.2) is 48.5 Å². The van der Waals surface area contributed by atoms with Gasteiger partial charge in [-0.3, -0.25) is 4.90 Å². The zero-order valence-corrected chi connectivity index (χ0v) is 16.5. The summed E-state index contributed by atoms with van der Waals surface area (Å²) in [6.45, 7) is 7.58. The van der Waals surface area contributed by atoms with Crippen LogP contribution >= 0.6 is 11.6 Å². The molecule has 2 atom stereocenters. The van der Waals surface area contributed by atoms with Crippen LogP contribution in [0, 0.1) is 0 Å². The topological polar surface area (TPSA) is 53.6 Å². The van der Waals surface area contributed by atoms with Crippen molar-refractivity contribution in [2.24, 2.45) is 0 Å². The molecule has 3 rings (SSSR count). The predicted molar refractivity (Wildman–Crippen MR) is 109 cm³/mol. The number of nitrogens with one attached hydrogen (secondary N) is 2. The molecule has 0 bridgehead atoms. The molecule has 1 aliphatic heterocycles. The summed E-state index contributed by atoms with van der Waals surface area (Å²) >= 11 is 6.19. The fourth-order valence-corrected chi connectivity index (χ4v) is 3.59. The van der Waals surface area contributed by atoms with Crippen LogP contribution in [0.1, 0.15) is 37.1 Å². The Morgan fingerprint density at radius 2 is 1.74 bits per heavy atom. The van der Waals surface area contributed by atoms with Crippen molar-refractivity contribution in [3.05, 3.63) is 64.7 Å². The lowest BCUT2D eigenvalue weighted by atomic mass is 10.1. The molecule has 0 radical (unpaired) electrons. The number of ether oxygens (including phenoxy) is 1. The smallest absolute Gasteiger partial charge is 0.319 e. The first-order chi connectivity index (χ1) is 13.0. The number of hydrogen-bond acceptors (Lipinski definition) is 3. The molecule has 5 nitrogen and oxygen atoms in total. The number of carbonyl (C=O) groups excluding carboxylic acids is 1. The maximum absolute atomic E-state index is 12.3. The fourth-order valence-electron chi connectivity index (χ4n) is 3.29. The van der Waals surface area contributed by atoms with Crippen molar-refractivity contribution < 1.29 is 9.53 Å². The van der Waals surface area contributed by atoms with Crippen molar-refractivity contribution in [2.45, 2.75) is 25.9 Å². The maximum Gasteiger partial charge on any atom is 0.319 e. The summed E-state index contributed by atoms with van der Waals surface area (Å²) in [6.07, 6.45) is 0. The van der Waals surface area contributed by atoms with Gasteiger partial charge in [0.15, 0.2) is 0 Å². The standard InChI is InChI=1S/C21H26ClN3O2/c1-15(19-5-3-4-6-20(19)22)23-21(26)24-18-9-7-17(8-10-18)16(2)25-11-13-27-14-12-25/h3-10,15-16H,11-14H2,1-2H3,(H2,23,24,26). The number of halogens is 1. The van der Waals surface area contributed by atoms with E-state index in [0.29, 0.717) is 11.1 Å². The van der Waals surface area contributed by atoms with E-state index < -0.39 is 0 Å². The minimum Gasteiger partial charge on any atom is -0.379 e. The SMILES string of the molecule is CC(NC(=O)Nc1ccc(C(C)N2CCOCC2)cc1)c1ccccc1Cl. The summed E-state index contributed by atoms with van der Waals surface area (Å²) in [5, 5.41) is 6.44. The Morgan fingerprint density at radius 3 is 2.41 bits per heavy atom. The van der Waals surface area contributed by atoms with Crippen LogP contribution in [0.4, 0.5) is 10.5 Å². The molecule has 1 saturated heterocycles. The summed E-state index contributed by atoms with van der Waals surface area (Å²) in [7, 11) is 0. The Bertz CT molecular complexity index is 760. The molecule has 0 saturated carbocycles. The summed E-state index contributed by atoms with van der Waals surface area (Å²) in [5.74, 6) is 0. The number of amides is 2. The number of carbonyl (C=O) groups is 1. The molecule has 1 fully saturated rings. The Labute approximate surface area is 165 Å². The lowest BCUT2D eigenvalue weighted by molar-refractivity contribution is 0.0198. The van der Waals surface area contributed by atoms with E-state index in [2.05, 4.69) is 34.6 Å². The van der Waals surface area contributed by atoms with Gasteiger partial charge < -0.3 is 15.4 Å². The third-order valence-electron chi connectivity index (χ3n) is 4.96. The van der Waals surface area contributed by atoms with Gasteiger partial charge in [0.25, 0.3) is 0 Å². The molecule has 2 unspecified atom stereocenters. The number of nitrogens with zero attached hydrogens (tertiary/aromatic N) is 1. The molecular formula is C21H26ClN3O2. The highest BCUT2D eigenvalue weighted by Gasteiger charge is 2.18. The average molecular weight is 388 g/mol. The second-order valence-electron chi connectivity index (χ2n) is 6.79. The van der Waals surface area contributed by atoms with Gasteiger partial charge in [-0.15, -0.1) is 0 Å². The third-order valence-corrected chi connectivity index (χ3v) is 5.31. The zero-order valence-electron chi connectivity index (χ0n) is 15.7. The number of urea groups is 1. The molecule has 2 aromatic rings. The molecule has 2 amide bonds. The Balaban J connectivity index is 1.56. The molecule has 2 N–H and O–H groups in total. The van der Waals surface area contributed by atoms with Gasteiger partial charge in [-0.05, 0) is 43.2 Å². The van der Waals surface area contributed by atoms with Crippen LogP contribution in [0.3, 0.4) is 0 Å². The van der Waals surface area contributed by atoms with Gasteiger partial charge in [0.2, 0.25) is 0 Å². The summed E-state index contributed by atoms with van der Waals surface area (Å²) in [4.78, 5) is 14.7. The van der Waals surface area contributed by atoms with Crippen molar-refractivity contribution in [2.75, 3.05) is 31.6 Å². The number of morpholine rings is 1. The van der Waals surface area contributed by atoms with E-state index in [0.717, 1.165) is 37.6 Å². The largest absolute Gasteiger partial charge is 0.379 e. The number of benzene rings is 2. The van der Waals surface area contributed by atoms with E-state index in [9.17, 15) is 4.79 Å². The Kier molecular flexibility index (Phi) is 6.72. The second kappa shape index (κ2) is 9.22. The first-order valence-corrected chi connectivity index (χ1v) is 9.66. The maximum atomic E-state index is 12.3. The molecule has 144 valence electrons. The molecule has 0 spiro atoms. The number of anilines is 1. The van der Waals surface area contributed by atoms with Gasteiger partial charge in [-0.1, -0.05) is 41.9 Å². The summed E-state index contributed by atoms with van der Waals surface area (Å²) < 4.78 is 5.42. The molecule has 1 heterocycles. The monoisotopic (exact) mass is 387 g/mol. The third kappa shape index (κ3) is 5.22. The molecule has 0 aliphatic carbocycles. The number of hydrogen-bond donors (Lipinski definition) is 2. The van der Waals surface area contributed by atoms with Crippen molar-refractivity contribution >= 4 is 23.3 Å². The van der Waals surface area contributed by atoms with E-state index in [1.807, 2.05) is 43.3 Å². The van der Waals surface area contributed by atoms with Crippen LogP contribution < -0.4 is 10.6 Å². The lowest BCUT2D eigenvalue weighted by Crippen LogP contribution is -2.38. The van der Waals surface area contributed by atoms with Crippen molar-refractivity contribution in [3.63, 3.8) is 0 Å². The van der Waals surface area contributed by atoms with E-state index in [1.54, 1.807) is 0 Å². The zero-order chi connectivity index (χ0) is 19.2. The van der Waals surface area contributed by atoms with Crippen molar-refractivity contribution in [1.82, 2.24) is 10.2 Å². The Hall–Kier alpha value is -2.08. The van der Waals surface area contributed by atoms with Crippen LogP contribution in [-0.4, -0.2) is 37.2 Å². The van der Waals surface area contributed by atoms with Crippen LogP contribution in [0.5, 0.6) is 0 Å². The van der Waals surface area contributed by atoms with Crippen molar-refractivity contribution in [1.29, 1.82) is 0 Å². The van der Waals surface area contributed by atoms with Crippen molar-refractivity contribution in [3.8, 4) is 0 Å². The summed E-state index contributed by atoms with van der Waals surface area (Å²) in [6, 6.07) is 15.4. The molecule has 0 aromatic heterocycles. The van der Waals surface area contributed by atoms with Gasteiger partial charge in [0.05, 0.1) is 19.3 Å². The van der Waals surface area contributed by atoms with Crippen LogP contribution in [-0.2, 0) is 4.74 Å². The normalized spacial score (nSPS) is 17.1. The minimum absolute atomic E-state index is 0.181. The minimum atomic E-state index is -0.253. The highest BCUT2D eigenvalue weighted by Crippen LogP contribution is 2.24. The van der Waals surface area contributed by atoms with E-state index >= 15 is 0 Å². The lowest BCUT2D eigenvalue weighted by Gasteiger charge is -2.32. The molecule has 6 heteroatoms. The van der Waals surface area contributed by atoms with Gasteiger partial charge in [-0.25, -0.2) is 4.79 Å². The van der Waals surface area contributed by atoms with Crippen LogP contribution in [0.2, 0.25) is 5.02 Å². The molecule has 1 aliphatic rings. The predicted octanol–water partition coefficient (Wildman–Crippen LogP) is 4.62. The molecule has 27 heavy (non-hydrogen) atoms. The van der Waals surface area contributed by atoms with E-state index in [1.165, 1.54) is 5.56 Å². The second-order valence-corrected chi connectivity index (χ2v) is 7.20. The highest BCUT2D eigenvalue weighted by molar-refractivity contribution is 6.31. The van der Waals surface area contributed by atoms with E-state index in [-0.39, 0.29) is 12.1 Å². The molecule has 2 aromatic carbocycles. The van der Waals surface area contributed by atoms with Gasteiger partial charge in [0, 0.05) is 29.8 Å². The first-order valence-electron chi connectivity index (χ1n) is 9.28. The molecular weight excluding hydrogens is 362 g/mol. The van der Waals surface area contributed by atoms with Gasteiger partial charge >= 0.3 is 6.03 Å². The quantitative estimate of drug-likeness (QED) is 0.787. The highest BCUT2D eigenvalue weighted by atomic mass is 35.5. The van der Waals surface area contributed by atoms with Crippen LogP contribution in [0.25, 0.3) is 0 Å². The number of rotatable bonds is 5. The summed E-state index contributed by atoms with van der Waals surface area (Å²) in [5.41, 5.74) is 2.88. The Morgan fingerprint density at radius 1 is 1.07 bits per heavy atom. The van der Waals surface area contributed by atoms with Gasteiger partial charge in [0.1, 0.15) is 0 Å². The van der Waals surface area contributed by atoms with E-state index in [4.69, 9.17) is 16.3 Å². The first kappa shape index (κ1) is 19.7. The average Bonchev–Trinajstić information content (AvgIpc) is 2.69. The van der Waals surface area contributed by atoms with Gasteiger partial charge in [-0.2, -0.15) is 0 Å².